The summed E-state index contributed by atoms with van der Waals surface area (Å²) in [7, 11) is 0. The maximum absolute atomic E-state index is 11.3. The molecular weight excluding hydrogens is 220 g/mol. The van der Waals surface area contributed by atoms with E-state index in [1.807, 2.05) is 26.8 Å². The Labute approximate surface area is 104 Å². The van der Waals surface area contributed by atoms with E-state index < -0.39 is 0 Å². The number of esters is 1. The summed E-state index contributed by atoms with van der Waals surface area (Å²) in [5, 5.41) is 0. The third-order valence-corrected chi connectivity index (χ3v) is 2.23. The fourth-order valence-corrected chi connectivity index (χ4v) is 1.44. The van der Waals surface area contributed by atoms with Gasteiger partial charge < -0.3 is 14.2 Å². The van der Waals surface area contributed by atoms with E-state index in [1.165, 1.54) is 0 Å². The van der Waals surface area contributed by atoms with Crippen LogP contribution in [-0.2, 0) is 19.0 Å². The molecule has 0 aromatic carbocycles. The summed E-state index contributed by atoms with van der Waals surface area (Å²) in [6.07, 6.45) is 2.57. The van der Waals surface area contributed by atoms with Gasteiger partial charge in [0.1, 0.15) is 0 Å². The van der Waals surface area contributed by atoms with Crippen molar-refractivity contribution in [2.75, 3.05) is 19.8 Å². The molecule has 0 spiro atoms. The highest BCUT2D eigenvalue weighted by Crippen LogP contribution is 2.15. The summed E-state index contributed by atoms with van der Waals surface area (Å²) in [6, 6.07) is 0. The summed E-state index contributed by atoms with van der Waals surface area (Å²) in [5.41, 5.74) is 0.988. The predicted molar refractivity (Wildman–Crippen MR) is 66.7 cm³/mol. The number of rotatable bonds is 9. The van der Waals surface area contributed by atoms with Crippen molar-refractivity contribution in [1.82, 2.24) is 0 Å². The molecule has 0 fully saturated rings. The van der Waals surface area contributed by atoms with Crippen LogP contribution < -0.4 is 0 Å². The summed E-state index contributed by atoms with van der Waals surface area (Å²) >= 11 is 0. The SMILES string of the molecule is C/C=C(\CCC(=O)OCC)C(OCC)OCC. The number of carbonyl (C=O) groups is 1. The number of carbonyl (C=O) groups excluding carboxylic acids is 1. The number of hydrogen-bond donors (Lipinski definition) is 0. The van der Waals surface area contributed by atoms with Crippen molar-refractivity contribution in [3.63, 3.8) is 0 Å². The quantitative estimate of drug-likeness (QED) is 0.355. The Morgan fingerprint density at radius 1 is 1.06 bits per heavy atom. The van der Waals surface area contributed by atoms with Crippen LogP contribution in [0.15, 0.2) is 11.6 Å². The molecule has 0 rings (SSSR count). The van der Waals surface area contributed by atoms with E-state index in [1.54, 1.807) is 6.92 Å². The van der Waals surface area contributed by atoms with Gasteiger partial charge in [0, 0.05) is 19.6 Å². The molecule has 17 heavy (non-hydrogen) atoms. The van der Waals surface area contributed by atoms with Gasteiger partial charge in [0.05, 0.1) is 6.61 Å². The Bertz CT molecular complexity index is 230. The molecule has 0 bridgehead atoms. The zero-order chi connectivity index (χ0) is 13.1. The van der Waals surface area contributed by atoms with Gasteiger partial charge in [-0.2, -0.15) is 0 Å². The van der Waals surface area contributed by atoms with Crippen LogP contribution in [0.2, 0.25) is 0 Å². The maximum Gasteiger partial charge on any atom is 0.306 e. The molecule has 0 aliphatic carbocycles. The van der Waals surface area contributed by atoms with Gasteiger partial charge in [0.25, 0.3) is 0 Å². The van der Waals surface area contributed by atoms with Gasteiger partial charge in [0.2, 0.25) is 0 Å². The van der Waals surface area contributed by atoms with Crippen LogP contribution in [0.25, 0.3) is 0 Å². The predicted octanol–water partition coefficient (Wildman–Crippen LogP) is 2.68. The normalized spacial score (nSPS) is 11.9. The van der Waals surface area contributed by atoms with E-state index in [4.69, 9.17) is 14.2 Å². The van der Waals surface area contributed by atoms with Crippen LogP contribution in [0, 0.1) is 0 Å². The second-order valence-corrected chi connectivity index (χ2v) is 3.41. The summed E-state index contributed by atoms with van der Waals surface area (Å²) in [6.45, 7) is 9.16. The highest BCUT2D eigenvalue weighted by atomic mass is 16.7. The van der Waals surface area contributed by atoms with Crippen LogP contribution in [0.1, 0.15) is 40.5 Å². The second-order valence-electron chi connectivity index (χ2n) is 3.41. The first-order chi connectivity index (χ1) is 8.19. The smallest absolute Gasteiger partial charge is 0.306 e. The molecule has 0 saturated carbocycles. The Hall–Kier alpha value is -0.870. The third kappa shape index (κ3) is 7.13. The standard InChI is InChI=1S/C13H24O4/c1-5-11(9-10-12(14)15-6-2)13(16-7-3)17-8-4/h5,13H,6-10H2,1-4H3/b11-5+. The van der Waals surface area contributed by atoms with Crippen LogP contribution in [0.5, 0.6) is 0 Å². The van der Waals surface area contributed by atoms with Crippen molar-refractivity contribution >= 4 is 5.97 Å². The van der Waals surface area contributed by atoms with Gasteiger partial charge in [-0.25, -0.2) is 0 Å². The molecule has 0 saturated heterocycles. The zero-order valence-corrected chi connectivity index (χ0v) is 11.3. The molecule has 0 atom stereocenters. The molecule has 0 radical (unpaired) electrons. The lowest BCUT2D eigenvalue weighted by atomic mass is 10.1. The number of ether oxygens (including phenoxy) is 3. The fourth-order valence-electron chi connectivity index (χ4n) is 1.44. The molecule has 0 amide bonds. The summed E-state index contributed by atoms with van der Waals surface area (Å²) in [5.74, 6) is -0.182. The van der Waals surface area contributed by atoms with Gasteiger partial charge in [-0.15, -0.1) is 0 Å². The molecule has 0 aromatic heterocycles. The van der Waals surface area contributed by atoms with Crippen molar-refractivity contribution < 1.29 is 19.0 Å². The van der Waals surface area contributed by atoms with Crippen molar-refractivity contribution in [1.29, 1.82) is 0 Å². The average Bonchev–Trinajstić information content (AvgIpc) is 2.30. The van der Waals surface area contributed by atoms with Gasteiger partial charge in [-0.1, -0.05) is 6.08 Å². The van der Waals surface area contributed by atoms with E-state index in [0.717, 1.165) is 5.57 Å². The molecule has 4 heteroatoms. The molecule has 0 heterocycles. The molecule has 0 N–H and O–H groups in total. The van der Waals surface area contributed by atoms with Gasteiger partial charge in [-0.05, 0) is 39.7 Å². The van der Waals surface area contributed by atoms with Crippen molar-refractivity contribution in [3.05, 3.63) is 11.6 Å². The molecule has 0 aromatic rings. The monoisotopic (exact) mass is 244 g/mol. The number of allylic oxidation sites excluding steroid dienone is 1. The minimum Gasteiger partial charge on any atom is -0.466 e. The van der Waals surface area contributed by atoms with Crippen LogP contribution in [0.4, 0.5) is 0 Å². The largest absolute Gasteiger partial charge is 0.466 e. The molecule has 0 aliphatic rings. The van der Waals surface area contributed by atoms with Gasteiger partial charge in [0.15, 0.2) is 6.29 Å². The van der Waals surface area contributed by atoms with Crippen molar-refractivity contribution in [2.24, 2.45) is 0 Å². The Kier molecular flexibility index (Phi) is 9.77. The van der Waals surface area contributed by atoms with Crippen molar-refractivity contribution in [3.8, 4) is 0 Å². The van der Waals surface area contributed by atoms with E-state index in [2.05, 4.69) is 0 Å². The van der Waals surface area contributed by atoms with Crippen LogP contribution in [-0.4, -0.2) is 32.1 Å². The van der Waals surface area contributed by atoms with E-state index in [0.29, 0.717) is 32.7 Å². The first-order valence-corrected chi connectivity index (χ1v) is 6.23. The minimum absolute atomic E-state index is 0.182. The maximum atomic E-state index is 11.3. The molecule has 100 valence electrons. The second kappa shape index (κ2) is 10.3. The molecule has 4 nitrogen and oxygen atoms in total. The summed E-state index contributed by atoms with van der Waals surface area (Å²) < 4.78 is 15.9. The van der Waals surface area contributed by atoms with Crippen LogP contribution in [0.3, 0.4) is 0 Å². The average molecular weight is 244 g/mol. The van der Waals surface area contributed by atoms with Crippen molar-refractivity contribution in [2.45, 2.75) is 46.8 Å². The first kappa shape index (κ1) is 16.1. The lowest BCUT2D eigenvalue weighted by molar-refractivity contribution is -0.143. The summed E-state index contributed by atoms with van der Waals surface area (Å²) in [4.78, 5) is 11.3. The van der Waals surface area contributed by atoms with E-state index >= 15 is 0 Å². The van der Waals surface area contributed by atoms with Gasteiger partial charge in [-0.3, -0.25) is 4.79 Å². The Morgan fingerprint density at radius 3 is 2.06 bits per heavy atom. The van der Waals surface area contributed by atoms with Crippen LogP contribution >= 0.6 is 0 Å². The Balaban J connectivity index is 4.23. The lowest BCUT2D eigenvalue weighted by Crippen LogP contribution is -2.21. The lowest BCUT2D eigenvalue weighted by Gasteiger charge is -2.20. The third-order valence-electron chi connectivity index (χ3n) is 2.23. The zero-order valence-electron chi connectivity index (χ0n) is 11.3. The highest BCUT2D eigenvalue weighted by molar-refractivity contribution is 5.69. The first-order valence-electron chi connectivity index (χ1n) is 6.23. The fraction of sp³-hybridized carbons (Fsp3) is 0.769. The van der Waals surface area contributed by atoms with E-state index in [-0.39, 0.29) is 12.3 Å². The topological polar surface area (TPSA) is 44.8 Å². The molecular formula is C13H24O4. The molecule has 0 aliphatic heterocycles. The highest BCUT2D eigenvalue weighted by Gasteiger charge is 2.15. The minimum atomic E-state index is -0.343. The van der Waals surface area contributed by atoms with Gasteiger partial charge >= 0.3 is 5.97 Å². The Morgan fingerprint density at radius 2 is 1.65 bits per heavy atom. The van der Waals surface area contributed by atoms with E-state index in [9.17, 15) is 4.79 Å². The molecule has 0 unspecified atom stereocenters. The number of hydrogen-bond acceptors (Lipinski definition) is 4.